The Morgan fingerprint density at radius 1 is 1.40 bits per heavy atom. The zero-order chi connectivity index (χ0) is 14.5. The van der Waals surface area contributed by atoms with E-state index in [4.69, 9.17) is 9.84 Å². The number of ether oxygens (including phenoxy) is 1. The summed E-state index contributed by atoms with van der Waals surface area (Å²) < 4.78 is 4.74. The van der Waals surface area contributed by atoms with Gasteiger partial charge in [-0.3, -0.25) is 0 Å². The van der Waals surface area contributed by atoms with Crippen molar-refractivity contribution in [2.45, 2.75) is 58.3 Å². The zero-order valence-electron chi connectivity index (χ0n) is 12.3. The molecule has 1 aromatic rings. The van der Waals surface area contributed by atoms with Crippen LogP contribution in [0, 0.1) is 12.8 Å². The van der Waals surface area contributed by atoms with E-state index < -0.39 is 6.16 Å². The minimum atomic E-state index is -1.30. The van der Waals surface area contributed by atoms with E-state index in [-0.39, 0.29) is 5.88 Å². The van der Waals surface area contributed by atoms with Crippen LogP contribution in [0.4, 0.5) is 4.79 Å². The fourth-order valence-corrected chi connectivity index (χ4v) is 3.33. The van der Waals surface area contributed by atoms with Crippen molar-refractivity contribution >= 4 is 6.16 Å². The van der Waals surface area contributed by atoms with Gasteiger partial charge in [0.1, 0.15) is 0 Å². The molecule has 0 aromatic carbocycles. The van der Waals surface area contributed by atoms with Gasteiger partial charge >= 0.3 is 6.16 Å². The Morgan fingerprint density at radius 2 is 2.10 bits per heavy atom. The molecule has 1 aliphatic rings. The molecule has 0 amide bonds. The molecule has 1 heterocycles. The van der Waals surface area contributed by atoms with Crippen molar-refractivity contribution in [3.8, 4) is 5.88 Å². The third kappa shape index (κ3) is 3.50. The highest BCUT2D eigenvalue weighted by atomic mass is 16.7. The summed E-state index contributed by atoms with van der Waals surface area (Å²) in [5.74, 6) is 1.61. The van der Waals surface area contributed by atoms with E-state index in [0.717, 1.165) is 11.5 Å². The molecular weight excluding hydrogens is 254 g/mol. The fourth-order valence-electron chi connectivity index (χ4n) is 3.33. The van der Waals surface area contributed by atoms with Crippen LogP contribution in [0.3, 0.4) is 0 Å². The molecule has 0 saturated heterocycles. The Hall–Kier alpha value is -1.58. The van der Waals surface area contributed by atoms with Gasteiger partial charge in [0.25, 0.3) is 0 Å². The average Bonchev–Trinajstić information content (AvgIpc) is 2.42. The Labute approximate surface area is 120 Å². The maximum absolute atomic E-state index is 10.7. The summed E-state index contributed by atoms with van der Waals surface area (Å²) in [6.07, 6.45) is 7.85. The molecule has 4 heteroatoms. The molecule has 1 saturated carbocycles. The number of nitrogens with zero attached hydrogens (tertiary/aromatic N) is 1. The normalized spacial score (nSPS) is 22.5. The van der Waals surface area contributed by atoms with Crippen LogP contribution in [-0.2, 0) is 0 Å². The van der Waals surface area contributed by atoms with Gasteiger partial charge < -0.3 is 9.84 Å². The van der Waals surface area contributed by atoms with Crippen LogP contribution in [0.2, 0.25) is 0 Å². The van der Waals surface area contributed by atoms with Crippen molar-refractivity contribution in [1.82, 2.24) is 4.98 Å². The van der Waals surface area contributed by atoms with Gasteiger partial charge in [-0.25, -0.2) is 9.78 Å². The SMILES string of the molecule is CCCC1CCC(c2ccnc(OC(=O)O)c2C)CC1. The highest BCUT2D eigenvalue weighted by molar-refractivity contribution is 5.61. The molecule has 0 radical (unpaired) electrons. The minimum Gasteiger partial charge on any atom is -0.449 e. The lowest BCUT2D eigenvalue weighted by atomic mass is 9.76. The smallest absolute Gasteiger partial charge is 0.449 e. The predicted molar refractivity (Wildman–Crippen MR) is 77.2 cm³/mol. The molecule has 1 N–H and O–H groups in total. The number of carbonyl (C=O) groups is 1. The minimum absolute atomic E-state index is 0.227. The molecule has 110 valence electrons. The second kappa shape index (κ2) is 6.73. The van der Waals surface area contributed by atoms with E-state index in [1.165, 1.54) is 44.1 Å². The van der Waals surface area contributed by atoms with Gasteiger partial charge in [0.2, 0.25) is 5.88 Å². The molecule has 0 bridgehead atoms. The number of pyridine rings is 1. The number of aromatic nitrogens is 1. The van der Waals surface area contributed by atoms with Gasteiger partial charge in [-0.05, 0) is 56.1 Å². The van der Waals surface area contributed by atoms with Crippen molar-refractivity contribution < 1.29 is 14.6 Å². The number of hydrogen-bond acceptors (Lipinski definition) is 3. The quantitative estimate of drug-likeness (QED) is 0.822. The van der Waals surface area contributed by atoms with E-state index in [9.17, 15) is 4.79 Å². The van der Waals surface area contributed by atoms with Crippen molar-refractivity contribution in [3.05, 3.63) is 23.4 Å². The molecule has 4 nitrogen and oxygen atoms in total. The second-order valence-electron chi connectivity index (χ2n) is 5.70. The number of hydrogen-bond donors (Lipinski definition) is 1. The van der Waals surface area contributed by atoms with Crippen LogP contribution in [-0.4, -0.2) is 16.2 Å². The molecule has 2 rings (SSSR count). The molecule has 1 aromatic heterocycles. The van der Waals surface area contributed by atoms with Crippen LogP contribution in [0.25, 0.3) is 0 Å². The van der Waals surface area contributed by atoms with E-state index in [1.54, 1.807) is 6.20 Å². The summed E-state index contributed by atoms with van der Waals surface area (Å²) in [7, 11) is 0. The number of rotatable bonds is 4. The molecule has 0 aliphatic heterocycles. The Bertz CT molecular complexity index is 465. The lowest BCUT2D eigenvalue weighted by molar-refractivity contribution is 0.142. The average molecular weight is 277 g/mol. The maximum Gasteiger partial charge on any atom is 0.512 e. The van der Waals surface area contributed by atoms with Crippen LogP contribution in [0.1, 0.15) is 62.5 Å². The third-order valence-corrected chi connectivity index (χ3v) is 4.37. The highest BCUT2D eigenvalue weighted by Crippen LogP contribution is 2.39. The Morgan fingerprint density at radius 3 is 2.70 bits per heavy atom. The summed E-state index contributed by atoms with van der Waals surface area (Å²) in [5.41, 5.74) is 2.07. The van der Waals surface area contributed by atoms with Crippen LogP contribution < -0.4 is 4.74 Å². The summed E-state index contributed by atoms with van der Waals surface area (Å²) in [4.78, 5) is 14.7. The Kier molecular flexibility index (Phi) is 4.99. The van der Waals surface area contributed by atoms with Gasteiger partial charge in [0, 0.05) is 11.8 Å². The van der Waals surface area contributed by atoms with Crippen LogP contribution >= 0.6 is 0 Å². The molecule has 20 heavy (non-hydrogen) atoms. The summed E-state index contributed by atoms with van der Waals surface area (Å²) in [6, 6.07) is 2.01. The van der Waals surface area contributed by atoms with Gasteiger partial charge in [0.05, 0.1) is 0 Å². The lowest BCUT2D eigenvalue weighted by Gasteiger charge is -2.29. The fraction of sp³-hybridized carbons (Fsp3) is 0.625. The van der Waals surface area contributed by atoms with E-state index in [0.29, 0.717) is 5.92 Å². The third-order valence-electron chi connectivity index (χ3n) is 4.37. The molecule has 0 spiro atoms. The summed E-state index contributed by atoms with van der Waals surface area (Å²) >= 11 is 0. The van der Waals surface area contributed by atoms with E-state index in [1.807, 2.05) is 13.0 Å². The van der Waals surface area contributed by atoms with Crippen LogP contribution in [0.15, 0.2) is 12.3 Å². The summed E-state index contributed by atoms with van der Waals surface area (Å²) in [5, 5.41) is 8.72. The Balaban J connectivity index is 2.08. The van der Waals surface area contributed by atoms with Gasteiger partial charge in [-0.2, -0.15) is 0 Å². The first-order valence-corrected chi connectivity index (χ1v) is 7.48. The predicted octanol–water partition coefficient (Wildman–Crippen LogP) is 4.52. The molecular formula is C16H23NO3. The number of carboxylic acid groups (broad SMARTS) is 1. The first-order chi connectivity index (χ1) is 9.61. The topological polar surface area (TPSA) is 59.4 Å². The van der Waals surface area contributed by atoms with E-state index in [2.05, 4.69) is 11.9 Å². The van der Waals surface area contributed by atoms with Gasteiger partial charge in [-0.1, -0.05) is 19.8 Å². The highest BCUT2D eigenvalue weighted by Gasteiger charge is 2.24. The standard InChI is InChI=1S/C16H23NO3/c1-3-4-12-5-7-13(8-6-12)14-9-10-17-15(11(14)2)20-16(18)19/h9-10,12-13H,3-8H2,1-2H3,(H,18,19). The molecule has 0 unspecified atom stereocenters. The monoisotopic (exact) mass is 277 g/mol. The molecule has 1 aliphatic carbocycles. The zero-order valence-corrected chi connectivity index (χ0v) is 12.3. The van der Waals surface area contributed by atoms with Gasteiger partial charge in [0.15, 0.2) is 0 Å². The van der Waals surface area contributed by atoms with Gasteiger partial charge in [-0.15, -0.1) is 0 Å². The molecule has 0 atom stereocenters. The van der Waals surface area contributed by atoms with Crippen molar-refractivity contribution in [3.63, 3.8) is 0 Å². The van der Waals surface area contributed by atoms with Crippen molar-refractivity contribution in [2.24, 2.45) is 5.92 Å². The van der Waals surface area contributed by atoms with Crippen molar-refractivity contribution in [1.29, 1.82) is 0 Å². The maximum atomic E-state index is 10.7. The van der Waals surface area contributed by atoms with Crippen LogP contribution in [0.5, 0.6) is 5.88 Å². The first kappa shape index (κ1) is 14.8. The lowest BCUT2D eigenvalue weighted by Crippen LogP contribution is -2.15. The van der Waals surface area contributed by atoms with E-state index >= 15 is 0 Å². The molecule has 1 fully saturated rings. The van der Waals surface area contributed by atoms with Crippen molar-refractivity contribution in [2.75, 3.05) is 0 Å². The second-order valence-corrected chi connectivity index (χ2v) is 5.70. The first-order valence-electron chi connectivity index (χ1n) is 7.48. The largest absolute Gasteiger partial charge is 0.512 e. The summed E-state index contributed by atoms with van der Waals surface area (Å²) in [6.45, 7) is 4.15.